The third-order valence-electron chi connectivity index (χ3n) is 2.82. The maximum Gasteiger partial charge on any atom is 0.121 e. The van der Waals surface area contributed by atoms with Gasteiger partial charge in [0.1, 0.15) is 18.2 Å². The van der Waals surface area contributed by atoms with Gasteiger partial charge >= 0.3 is 0 Å². The van der Waals surface area contributed by atoms with Gasteiger partial charge in [0, 0.05) is 13.7 Å². The van der Waals surface area contributed by atoms with Crippen molar-refractivity contribution in [3.05, 3.63) is 42.1 Å². The van der Waals surface area contributed by atoms with E-state index < -0.39 is 0 Å². The molecule has 1 aromatic carbocycles. The fourth-order valence-corrected chi connectivity index (χ4v) is 1.80. The molecule has 0 aliphatic rings. The third kappa shape index (κ3) is 3.99. The zero-order valence-electron chi connectivity index (χ0n) is 11.1. The van der Waals surface area contributed by atoms with Crippen LogP contribution < -0.4 is 10.5 Å². The van der Waals surface area contributed by atoms with Crippen LogP contribution in [-0.4, -0.2) is 30.1 Å². The highest BCUT2D eigenvalue weighted by molar-refractivity contribution is 5.29. The summed E-state index contributed by atoms with van der Waals surface area (Å²) in [5, 5.41) is 4.16. The molecule has 0 aliphatic heterocycles. The van der Waals surface area contributed by atoms with Crippen LogP contribution in [0.5, 0.6) is 5.75 Å². The highest BCUT2D eigenvalue weighted by atomic mass is 16.5. The Bertz CT molecular complexity index is 511. The number of nitrogens with zero attached hydrogens (tertiary/aromatic N) is 2. The molecule has 0 bridgehead atoms. The van der Waals surface area contributed by atoms with Crippen molar-refractivity contribution in [1.82, 2.24) is 9.78 Å². The lowest BCUT2D eigenvalue weighted by atomic mass is 10.1. The van der Waals surface area contributed by atoms with Crippen LogP contribution in [-0.2, 0) is 17.7 Å². The molecular weight excluding hydrogens is 242 g/mol. The summed E-state index contributed by atoms with van der Waals surface area (Å²) in [4.78, 5) is 0. The Hall–Kier alpha value is -2.01. The number of aryl methyl sites for hydroxylation is 2. The number of rotatable bonds is 7. The van der Waals surface area contributed by atoms with Crippen LogP contribution in [0.3, 0.4) is 0 Å². The lowest BCUT2D eigenvalue weighted by Gasteiger charge is -2.08. The van der Waals surface area contributed by atoms with E-state index in [1.165, 1.54) is 5.56 Å². The van der Waals surface area contributed by atoms with Gasteiger partial charge in [0.05, 0.1) is 12.8 Å². The second-order valence-electron chi connectivity index (χ2n) is 4.22. The van der Waals surface area contributed by atoms with Crippen LogP contribution in [0.1, 0.15) is 5.56 Å². The van der Waals surface area contributed by atoms with E-state index in [0.717, 1.165) is 18.7 Å². The molecule has 0 saturated heterocycles. The quantitative estimate of drug-likeness (QED) is 0.771. The molecule has 0 aliphatic carbocycles. The molecule has 0 unspecified atom stereocenters. The van der Waals surface area contributed by atoms with E-state index in [1.807, 2.05) is 18.2 Å². The van der Waals surface area contributed by atoms with E-state index in [2.05, 4.69) is 11.2 Å². The van der Waals surface area contributed by atoms with Gasteiger partial charge in [-0.2, -0.15) is 5.10 Å². The molecular formula is C14H19N3O2. The van der Waals surface area contributed by atoms with E-state index in [4.69, 9.17) is 15.2 Å². The van der Waals surface area contributed by atoms with Gasteiger partial charge in [-0.15, -0.1) is 0 Å². The van der Waals surface area contributed by atoms with Gasteiger partial charge in [-0.1, -0.05) is 12.1 Å². The average molecular weight is 261 g/mol. The molecule has 0 radical (unpaired) electrons. The Morgan fingerprint density at radius 2 is 2.16 bits per heavy atom. The number of benzene rings is 1. The summed E-state index contributed by atoms with van der Waals surface area (Å²) in [6.45, 7) is 1.92. The summed E-state index contributed by atoms with van der Waals surface area (Å²) in [6, 6.07) is 9.84. The zero-order valence-corrected chi connectivity index (χ0v) is 11.1. The standard InChI is InChI=1S/C14H19N3O2/c1-18-9-10-19-13-4-2-3-12(11-13)6-8-17-14(15)5-7-16-17/h2-5,7,11H,6,8-10,15H2,1H3. The van der Waals surface area contributed by atoms with E-state index in [-0.39, 0.29) is 0 Å². The predicted molar refractivity (Wildman–Crippen MR) is 74.2 cm³/mol. The summed E-state index contributed by atoms with van der Waals surface area (Å²) in [7, 11) is 1.66. The smallest absolute Gasteiger partial charge is 0.121 e. The van der Waals surface area contributed by atoms with Crippen LogP contribution in [0.4, 0.5) is 5.82 Å². The Labute approximate surface area is 112 Å². The molecule has 19 heavy (non-hydrogen) atoms. The van der Waals surface area contributed by atoms with Crippen molar-refractivity contribution in [2.24, 2.45) is 0 Å². The first kappa shape index (κ1) is 13.4. The molecule has 2 rings (SSSR count). The van der Waals surface area contributed by atoms with Crippen LogP contribution in [0.15, 0.2) is 36.5 Å². The monoisotopic (exact) mass is 261 g/mol. The Kier molecular flexibility index (Phi) is 4.80. The molecule has 2 aromatic rings. The van der Waals surface area contributed by atoms with Gasteiger partial charge < -0.3 is 15.2 Å². The predicted octanol–water partition coefficient (Wildman–Crippen LogP) is 1.73. The highest BCUT2D eigenvalue weighted by Gasteiger charge is 2.01. The highest BCUT2D eigenvalue weighted by Crippen LogP contribution is 2.14. The number of nitrogen functional groups attached to an aromatic ring is 1. The molecule has 0 fully saturated rings. The third-order valence-corrected chi connectivity index (χ3v) is 2.82. The largest absolute Gasteiger partial charge is 0.491 e. The number of hydrogen-bond donors (Lipinski definition) is 1. The molecule has 0 saturated carbocycles. The zero-order chi connectivity index (χ0) is 13.5. The summed E-state index contributed by atoms with van der Waals surface area (Å²) in [6.07, 6.45) is 2.58. The van der Waals surface area contributed by atoms with Crippen molar-refractivity contribution in [3.8, 4) is 5.75 Å². The molecule has 102 valence electrons. The summed E-state index contributed by atoms with van der Waals surface area (Å²) < 4.78 is 12.3. The minimum atomic E-state index is 0.562. The molecule has 1 heterocycles. The normalized spacial score (nSPS) is 10.6. The number of aromatic nitrogens is 2. The lowest BCUT2D eigenvalue weighted by molar-refractivity contribution is 0.146. The van der Waals surface area contributed by atoms with E-state index in [0.29, 0.717) is 19.0 Å². The van der Waals surface area contributed by atoms with Crippen molar-refractivity contribution < 1.29 is 9.47 Å². The molecule has 0 atom stereocenters. The van der Waals surface area contributed by atoms with Crippen molar-refractivity contribution in [1.29, 1.82) is 0 Å². The lowest BCUT2D eigenvalue weighted by Crippen LogP contribution is -2.07. The summed E-state index contributed by atoms with van der Waals surface area (Å²) in [5.41, 5.74) is 6.98. The van der Waals surface area contributed by atoms with E-state index in [9.17, 15) is 0 Å². The number of nitrogens with two attached hydrogens (primary N) is 1. The Morgan fingerprint density at radius 1 is 1.26 bits per heavy atom. The minimum absolute atomic E-state index is 0.562. The molecule has 5 heteroatoms. The van der Waals surface area contributed by atoms with Crippen LogP contribution in [0, 0.1) is 0 Å². The number of hydrogen-bond acceptors (Lipinski definition) is 4. The fourth-order valence-electron chi connectivity index (χ4n) is 1.80. The Balaban J connectivity index is 1.90. The second-order valence-corrected chi connectivity index (χ2v) is 4.22. The van der Waals surface area contributed by atoms with Crippen LogP contribution >= 0.6 is 0 Å². The Morgan fingerprint density at radius 3 is 2.89 bits per heavy atom. The fraction of sp³-hybridized carbons (Fsp3) is 0.357. The summed E-state index contributed by atoms with van der Waals surface area (Å²) in [5.74, 6) is 1.55. The first-order chi connectivity index (χ1) is 9.29. The van der Waals surface area contributed by atoms with Crippen molar-refractivity contribution in [3.63, 3.8) is 0 Å². The number of methoxy groups -OCH3 is 1. The van der Waals surface area contributed by atoms with Gasteiger partial charge in [0.25, 0.3) is 0 Å². The van der Waals surface area contributed by atoms with Crippen LogP contribution in [0.2, 0.25) is 0 Å². The first-order valence-electron chi connectivity index (χ1n) is 6.27. The van der Waals surface area contributed by atoms with Gasteiger partial charge in [-0.05, 0) is 30.2 Å². The van der Waals surface area contributed by atoms with E-state index in [1.54, 1.807) is 24.1 Å². The minimum Gasteiger partial charge on any atom is -0.491 e. The maximum absolute atomic E-state index is 5.78. The van der Waals surface area contributed by atoms with Gasteiger partial charge in [0.2, 0.25) is 0 Å². The van der Waals surface area contributed by atoms with Gasteiger partial charge in [0.15, 0.2) is 0 Å². The number of anilines is 1. The topological polar surface area (TPSA) is 62.3 Å². The molecule has 0 spiro atoms. The SMILES string of the molecule is COCCOc1cccc(CCn2nccc2N)c1. The molecule has 2 N–H and O–H groups in total. The number of ether oxygens (including phenoxy) is 2. The second kappa shape index (κ2) is 6.80. The maximum atomic E-state index is 5.78. The molecule has 1 aromatic heterocycles. The van der Waals surface area contributed by atoms with Crippen LogP contribution in [0.25, 0.3) is 0 Å². The van der Waals surface area contributed by atoms with Crippen molar-refractivity contribution >= 4 is 5.82 Å². The van der Waals surface area contributed by atoms with Crippen molar-refractivity contribution in [2.75, 3.05) is 26.1 Å². The first-order valence-corrected chi connectivity index (χ1v) is 6.27. The van der Waals surface area contributed by atoms with Crippen molar-refractivity contribution in [2.45, 2.75) is 13.0 Å². The van der Waals surface area contributed by atoms with Gasteiger partial charge in [-0.25, -0.2) is 4.68 Å². The van der Waals surface area contributed by atoms with E-state index >= 15 is 0 Å². The summed E-state index contributed by atoms with van der Waals surface area (Å²) >= 11 is 0. The van der Waals surface area contributed by atoms with Gasteiger partial charge in [-0.3, -0.25) is 0 Å². The average Bonchev–Trinajstić information content (AvgIpc) is 2.83. The molecule has 0 amide bonds. The molecule has 5 nitrogen and oxygen atoms in total.